The Bertz CT molecular complexity index is 560. The van der Waals surface area contributed by atoms with E-state index in [2.05, 4.69) is 27.3 Å². The van der Waals surface area contributed by atoms with E-state index < -0.39 is 0 Å². The summed E-state index contributed by atoms with van der Waals surface area (Å²) in [7, 11) is 0. The van der Waals surface area contributed by atoms with Gasteiger partial charge in [0.2, 0.25) is 0 Å². The van der Waals surface area contributed by atoms with Gasteiger partial charge in [-0.3, -0.25) is 9.69 Å². The number of carbonyl (C=O) groups excluding carboxylic acids is 1. The third kappa shape index (κ3) is 4.09. The molecule has 126 valence electrons. The van der Waals surface area contributed by atoms with E-state index in [1.807, 2.05) is 5.38 Å². The van der Waals surface area contributed by atoms with Crippen LogP contribution in [0.3, 0.4) is 0 Å². The van der Waals surface area contributed by atoms with Gasteiger partial charge in [-0.05, 0) is 32.4 Å². The van der Waals surface area contributed by atoms with Crippen molar-refractivity contribution in [1.82, 2.24) is 15.2 Å². The van der Waals surface area contributed by atoms with Crippen molar-refractivity contribution in [2.45, 2.75) is 51.2 Å². The van der Waals surface area contributed by atoms with Crippen molar-refractivity contribution in [3.05, 3.63) is 16.6 Å². The Kier molecular flexibility index (Phi) is 5.27. The predicted octanol–water partition coefficient (Wildman–Crippen LogP) is 2.17. The minimum atomic E-state index is -0.292. The highest BCUT2D eigenvalue weighted by Crippen LogP contribution is 2.33. The molecule has 0 bridgehead atoms. The number of aromatic nitrogens is 1. The summed E-state index contributed by atoms with van der Waals surface area (Å²) in [6.07, 6.45) is 5.09. The van der Waals surface area contributed by atoms with Crippen molar-refractivity contribution in [2.24, 2.45) is 5.16 Å². The molecular weight excluding hydrogens is 312 g/mol. The summed E-state index contributed by atoms with van der Waals surface area (Å²) in [5.41, 5.74) is 2.86. The van der Waals surface area contributed by atoms with E-state index in [4.69, 9.17) is 4.84 Å². The van der Waals surface area contributed by atoms with E-state index in [9.17, 15) is 4.79 Å². The minimum Gasteiger partial charge on any atom is -0.387 e. The lowest BCUT2D eigenvalue weighted by Crippen LogP contribution is -2.49. The van der Waals surface area contributed by atoms with Gasteiger partial charge in [-0.25, -0.2) is 4.98 Å². The summed E-state index contributed by atoms with van der Waals surface area (Å²) < 4.78 is 0. The third-order valence-corrected chi connectivity index (χ3v) is 5.10. The van der Waals surface area contributed by atoms with Crippen molar-refractivity contribution < 1.29 is 9.63 Å². The van der Waals surface area contributed by atoms with Crippen LogP contribution in [0.25, 0.3) is 0 Å². The number of unbranched alkanes of at least 4 members (excludes halogenated alkanes) is 1. The Morgan fingerprint density at radius 3 is 3.26 bits per heavy atom. The smallest absolute Gasteiger partial charge is 0.269 e. The molecule has 1 aromatic rings. The molecule has 3 rings (SSSR count). The first kappa shape index (κ1) is 16.4. The molecule has 0 saturated carbocycles. The van der Waals surface area contributed by atoms with E-state index in [1.54, 1.807) is 5.51 Å². The zero-order chi connectivity index (χ0) is 16.1. The van der Waals surface area contributed by atoms with Crippen LogP contribution in [0, 0.1) is 0 Å². The Labute approximate surface area is 140 Å². The van der Waals surface area contributed by atoms with Gasteiger partial charge in [-0.2, -0.15) is 0 Å². The quantitative estimate of drug-likeness (QED) is 0.864. The lowest BCUT2D eigenvalue weighted by molar-refractivity contribution is -0.115. The van der Waals surface area contributed by atoms with E-state index in [0.717, 1.165) is 38.2 Å². The monoisotopic (exact) mass is 336 g/mol. The molecule has 6 nitrogen and oxygen atoms in total. The first-order chi connectivity index (χ1) is 11.2. The zero-order valence-corrected chi connectivity index (χ0v) is 14.4. The molecule has 1 saturated heterocycles. The van der Waals surface area contributed by atoms with Crippen molar-refractivity contribution in [1.29, 1.82) is 0 Å². The number of thiazole rings is 1. The van der Waals surface area contributed by atoms with Crippen molar-refractivity contribution in [3.63, 3.8) is 0 Å². The number of piperidine rings is 1. The fourth-order valence-corrected chi connectivity index (χ4v) is 3.78. The van der Waals surface area contributed by atoms with Gasteiger partial charge >= 0.3 is 0 Å². The first-order valence-electron chi connectivity index (χ1n) is 8.33. The first-order valence-corrected chi connectivity index (χ1v) is 9.28. The molecule has 0 radical (unpaired) electrons. The van der Waals surface area contributed by atoms with E-state index in [0.29, 0.717) is 18.7 Å². The molecule has 0 aromatic carbocycles. The van der Waals surface area contributed by atoms with Gasteiger partial charge < -0.3 is 10.2 Å². The van der Waals surface area contributed by atoms with Crippen LogP contribution in [0.4, 0.5) is 0 Å². The molecule has 7 heteroatoms. The number of hydrogen-bond acceptors (Lipinski definition) is 6. The van der Waals surface area contributed by atoms with Crippen LogP contribution in [-0.4, -0.2) is 46.7 Å². The number of oxime groups is 1. The Morgan fingerprint density at radius 2 is 2.48 bits per heavy atom. The molecule has 1 atom stereocenters. The fourth-order valence-electron chi connectivity index (χ4n) is 3.22. The largest absolute Gasteiger partial charge is 0.387 e. The molecule has 1 fully saturated rings. The average molecular weight is 336 g/mol. The van der Waals surface area contributed by atoms with Crippen molar-refractivity contribution >= 4 is 23.0 Å². The minimum absolute atomic E-state index is 0.138. The average Bonchev–Trinajstić information content (AvgIpc) is 3.21. The number of amides is 1. The van der Waals surface area contributed by atoms with Crippen LogP contribution in [-0.2, 0) is 16.2 Å². The molecule has 0 unspecified atom stereocenters. The second kappa shape index (κ2) is 7.40. The molecule has 1 aromatic heterocycles. The molecule has 3 heterocycles. The Hall–Kier alpha value is -1.47. The van der Waals surface area contributed by atoms with Gasteiger partial charge in [0.1, 0.15) is 5.71 Å². The van der Waals surface area contributed by atoms with Crippen LogP contribution < -0.4 is 5.32 Å². The summed E-state index contributed by atoms with van der Waals surface area (Å²) in [4.78, 5) is 24.6. The highest BCUT2D eigenvalue weighted by molar-refractivity contribution is 7.07. The summed E-state index contributed by atoms with van der Waals surface area (Å²) in [6, 6.07) is 0. The third-order valence-electron chi connectivity index (χ3n) is 4.46. The van der Waals surface area contributed by atoms with E-state index in [1.165, 1.54) is 24.2 Å². The zero-order valence-electron chi connectivity index (χ0n) is 13.6. The second-order valence-corrected chi connectivity index (χ2v) is 7.10. The standard InChI is InChI=1S/C16H24N4O2S/c1-2-3-6-20-7-4-5-16(11-20)8-14(19-22-16)15(21)17-9-13-10-23-12-18-13/h10,12H,2-9,11H2,1H3,(H,17,21)/t16-/m1/s1. The predicted molar refractivity (Wildman–Crippen MR) is 90.4 cm³/mol. The normalized spacial score (nSPS) is 24.5. The summed E-state index contributed by atoms with van der Waals surface area (Å²) >= 11 is 1.52. The molecular formula is C16H24N4O2S. The van der Waals surface area contributed by atoms with Gasteiger partial charge in [-0.1, -0.05) is 18.5 Å². The van der Waals surface area contributed by atoms with Crippen LogP contribution >= 0.6 is 11.3 Å². The van der Waals surface area contributed by atoms with Gasteiger partial charge in [0.05, 0.1) is 17.7 Å². The van der Waals surface area contributed by atoms with Crippen LogP contribution in [0.1, 0.15) is 44.7 Å². The summed E-state index contributed by atoms with van der Waals surface area (Å²) in [5.74, 6) is -0.138. The van der Waals surface area contributed by atoms with Crippen LogP contribution in [0.2, 0.25) is 0 Å². The maximum Gasteiger partial charge on any atom is 0.269 e. The lowest BCUT2D eigenvalue weighted by atomic mass is 9.88. The number of likely N-dealkylation sites (tertiary alicyclic amines) is 1. The Morgan fingerprint density at radius 1 is 1.57 bits per heavy atom. The summed E-state index contributed by atoms with van der Waals surface area (Å²) in [6.45, 7) is 5.75. The highest BCUT2D eigenvalue weighted by Gasteiger charge is 2.44. The fraction of sp³-hybridized carbons (Fsp3) is 0.688. The van der Waals surface area contributed by atoms with Crippen LogP contribution in [0.5, 0.6) is 0 Å². The number of nitrogens with zero attached hydrogens (tertiary/aromatic N) is 3. The topological polar surface area (TPSA) is 66.8 Å². The van der Waals surface area contributed by atoms with Gasteiger partial charge in [0, 0.05) is 18.3 Å². The van der Waals surface area contributed by atoms with Crippen LogP contribution in [0.15, 0.2) is 16.0 Å². The molecule has 2 aliphatic rings. The van der Waals surface area contributed by atoms with Gasteiger partial charge in [0.25, 0.3) is 5.91 Å². The Balaban J connectivity index is 1.51. The molecule has 1 amide bonds. The summed E-state index contributed by atoms with van der Waals surface area (Å²) in [5, 5.41) is 8.89. The van der Waals surface area contributed by atoms with E-state index >= 15 is 0 Å². The number of carbonyl (C=O) groups is 1. The maximum atomic E-state index is 12.3. The van der Waals surface area contributed by atoms with E-state index in [-0.39, 0.29) is 11.5 Å². The molecule has 1 N–H and O–H groups in total. The number of hydrogen-bond donors (Lipinski definition) is 1. The second-order valence-electron chi connectivity index (χ2n) is 6.38. The van der Waals surface area contributed by atoms with Gasteiger partial charge in [0.15, 0.2) is 5.60 Å². The SMILES string of the molecule is CCCCN1CCC[C@@]2(CC(C(=O)NCc3cscn3)=NO2)C1. The molecule has 1 spiro atoms. The molecule has 0 aliphatic carbocycles. The maximum absolute atomic E-state index is 12.3. The number of nitrogens with one attached hydrogen (secondary N) is 1. The molecule has 2 aliphatic heterocycles. The van der Waals surface area contributed by atoms with Crippen molar-refractivity contribution in [2.75, 3.05) is 19.6 Å². The number of rotatable bonds is 6. The van der Waals surface area contributed by atoms with Gasteiger partial charge in [-0.15, -0.1) is 11.3 Å². The highest BCUT2D eigenvalue weighted by atomic mass is 32.1. The lowest BCUT2D eigenvalue weighted by Gasteiger charge is -2.38. The van der Waals surface area contributed by atoms with Crippen molar-refractivity contribution in [3.8, 4) is 0 Å². The molecule has 23 heavy (non-hydrogen) atoms.